The zero-order valence-electron chi connectivity index (χ0n) is 16.7. The Hall–Kier alpha value is -3.88. The molecule has 0 aliphatic carbocycles. The van der Waals surface area contributed by atoms with E-state index >= 15 is 0 Å². The summed E-state index contributed by atoms with van der Waals surface area (Å²) in [4.78, 5) is 26.3. The zero-order chi connectivity index (χ0) is 22.1. The van der Waals surface area contributed by atoms with E-state index in [-0.39, 0.29) is 24.8 Å². The summed E-state index contributed by atoms with van der Waals surface area (Å²) >= 11 is 0. The molecule has 1 saturated heterocycles. The number of carbonyl (C=O) groups is 2. The summed E-state index contributed by atoms with van der Waals surface area (Å²) in [5.74, 6) is -0.874. The van der Waals surface area contributed by atoms with E-state index in [0.29, 0.717) is 35.3 Å². The predicted molar refractivity (Wildman–Crippen MR) is 114 cm³/mol. The van der Waals surface area contributed by atoms with Crippen LogP contribution in [0.4, 0.5) is 4.39 Å². The van der Waals surface area contributed by atoms with Gasteiger partial charge in [0.1, 0.15) is 11.9 Å². The average Bonchev–Trinajstić information content (AvgIpc) is 3.36. The number of carbonyl (C=O) groups excluding carboxylic acids is 2. The Balaban J connectivity index is 1.83. The number of nitrogens with two attached hydrogens (primary N) is 2. The molecule has 1 aliphatic heterocycles. The largest absolute Gasteiger partial charge is 0.409 e. The molecule has 8 nitrogen and oxygen atoms in total. The van der Waals surface area contributed by atoms with Gasteiger partial charge < -0.3 is 26.1 Å². The van der Waals surface area contributed by atoms with Crippen LogP contribution >= 0.6 is 0 Å². The second-order valence-corrected chi connectivity index (χ2v) is 7.58. The minimum atomic E-state index is -1.03. The molecule has 0 spiro atoms. The van der Waals surface area contributed by atoms with Crippen molar-refractivity contribution >= 4 is 28.6 Å². The molecule has 2 aromatic carbocycles. The fourth-order valence-electron chi connectivity index (χ4n) is 3.89. The van der Waals surface area contributed by atoms with Gasteiger partial charge in [-0.3, -0.25) is 9.59 Å². The molecule has 31 heavy (non-hydrogen) atoms. The van der Waals surface area contributed by atoms with Crippen LogP contribution in [0, 0.1) is 0 Å². The number of rotatable bonds is 5. The first-order valence-electron chi connectivity index (χ1n) is 9.80. The molecular formula is C22H22FN5O3. The second kappa shape index (κ2) is 8.10. The lowest BCUT2D eigenvalue weighted by atomic mass is 10.1. The van der Waals surface area contributed by atoms with Crippen LogP contribution < -0.4 is 11.5 Å². The van der Waals surface area contributed by atoms with Gasteiger partial charge in [-0.25, -0.2) is 4.39 Å². The lowest BCUT2D eigenvalue weighted by Gasteiger charge is -2.18. The number of amides is 2. The number of alkyl halides is 1. The highest BCUT2D eigenvalue weighted by molar-refractivity contribution is 6.03. The standard InChI is InChI=1S/C22H22FN5O3/c23-17-6-7-27(12-17)22(30)19-9-14-4-5-15(20(24)26-31)10-18(14)28(19)11-13-2-1-3-16(8-13)21(25)29/h1-5,8-10,17,31H,6-7,11-12H2,(H2,24,26)(H2,25,29). The molecule has 1 atom stereocenters. The first kappa shape index (κ1) is 20.4. The number of hydrogen-bond acceptors (Lipinski definition) is 4. The fraction of sp³-hybridized carbons (Fsp3) is 0.227. The van der Waals surface area contributed by atoms with Gasteiger partial charge in [-0.1, -0.05) is 29.4 Å². The first-order valence-corrected chi connectivity index (χ1v) is 9.80. The van der Waals surface area contributed by atoms with Crippen molar-refractivity contribution in [1.29, 1.82) is 0 Å². The summed E-state index contributed by atoms with van der Waals surface area (Å²) in [6.45, 7) is 0.694. The molecule has 4 rings (SSSR count). The monoisotopic (exact) mass is 423 g/mol. The van der Waals surface area contributed by atoms with Crippen LogP contribution in [0.25, 0.3) is 10.9 Å². The number of oxime groups is 1. The Labute approximate surface area is 177 Å². The third-order valence-corrected chi connectivity index (χ3v) is 5.50. The number of fused-ring (bicyclic) bond motifs is 1. The van der Waals surface area contributed by atoms with Crippen LogP contribution in [0.2, 0.25) is 0 Å². The number of amidine groups is 1. The third kappa shape index (κ3) is 3.94. The zero-order valence-corrected chi connectivity index (χ0v) is 16.7. The summed E-state index contributed by atoms with van der Waals surface area (Å²) in [5, 5.41) is 12.8. The quantitative estimate of drug-likeness (QED) is 0.251. The Morgan fingerprint density at radius 3 is 2.61 bits per heavy atom. The maximum absolute atomic E-state index is 13.7. The van der Waals surface area contributed by atoms with Crippen molar-refractivity contribution in [2.75, 3.05) is 13.1 Å². The molecule has 5 N–H and O–H groups in total. The van der Waals surface area contributed by atoms with E-state index in [1.807, 2.05) is 6.07 Å². The summed E-state index contributed by atoms with van der Waals surface area (Å²) in [7, 11) is 0. The second-order valence-electron chi connectivity index (χ2n) is 7.58. The molecule has 1 aromatic heterocycles. The Morgan fingerprint density at radius 1 is 1.13 bits per heavy atom. The highest BCUT2D eigenvalue weighted by Crippen LogP contribution is 2.26. The van der Waals surface area contributed by atoms with E-state index in [9.17, 15) is 14.0 Å². The van der Waals surface area contributed by atoms with Gasteiger partial charge in [0, 0.05) is 35.1 Å². The maximum Gasteiger partial charge on any atom is 0.270 e. The average molecular weight is 423 g/mol. The van der Waals surface area contributed by atoms with Crippen molar-refractivity contribution in [3.8, 4) is 0 Å². The third-order valence-electron chi connectivity index (χ3n) is 5.50. The van der Waals surface area contributed by atoms with Crippen molar-refractivity contribution in [3.63, 3.8) is 0 Å². The highest BCUT2D eigenvalue weighted by Gasteiger charge is 2.29. The maximum atomic E-state index is 13.7. The van der Waals surface area contributed by atoms with Gasteiger partial charge in [0.25, 0.3) is 5.91 Å². The van der Waals surface area contributed by atoms with Gasteiger partial charge in [-0.2, -0.15) is 0 Å². The van der Waals surface area contributed by atoms with Gasteiger partial charge in [-0.15, -0.1) is 0 Å². The molecule has 0 radical (unpaired) electrons. The Kier molecular flexibility index (Phi) is 5.33. The Morgan fingerprint density at radius 2 is 1.94 bits per heavy atom. The van der Waals surface area contributed by atoms with E-state index in [0.717, 1.165) is 10.9 Å². The molecular weight excluding hydrogens is 401 g/mol. The lowest BCUT2D eigenvalue weighted by Crippen LogP contribution is -2.30. The van der Waals surface area contributed by atoms with E-state index in [1.165, 1.54) is 4.90 Å². The number of benzene rings is 2. The van der Waals surface area contributed by atoms with Gasteiger partial charge in [0.05, 0.1) is 6.54 Å². The van der Waals surface area contributed by atoms with Crippen molar-refractivity contribution in [2.45, 2.75) is 19.1 Å². The summed E-state index contributed by atoms with van der Waals surface area (Å²) < 4.78 is 15.5. The van der Waals surface area contributed by atoms with Crippen LogP contribution in [-0.4, -0.2) is 51.6 Å². The highest BCUT2D eigenvalue weighted by atomic mass is 19.1. The van der Waals surface area contributed by atoms with Crippen molar-refractivity contribution < 1.29 is 19.2 Å². The SMILES string of the molecule is NC(=O)c1cccc(Cn2c(C(=O)N3CCC(F)C3)cc3ccc(/C(N)=N\O)cc32)c1. The molecule has 0 bridgehead atoms. The molecule has 1 fully saturated rings. The van der Waals surface area contributed by atoms with Crippen LogP contribution in [0.15, 0.2) is 53.7 Å². The molecule has 9 heteroatoms. The summed E-state index contributed by atoms with van der Waals surface area (Å²) in [5.41, 5.74) is 13.8. The molecule has 1 aliphatic rings. The van der Waals surface area contributed by atoms with E-state index < -0.39 is 12.1 Å². The Bertz CT molecular complexity index is 1200. The van der Waals surface area contributed by atoms with Gasteiger partial charge >= 0.3 is 0 Å². The molecule has 2 amide bonds. The molecule has 3 aromatic rings. The topological polar surface area (TPSA) is 127 Å². The normalized spacial score (nSPS) is 16.7. The predicted octanol–water partition coefficient (Wildman–Crippen LogP) is 2.07. The van der Waals surface area contributed by atoms with Crippen molar-refractivity contribution in [1.82, 2.24) is 9.47 Å². The summed E-state index contributed by atoms with van der Waals surface area (Å²) in [6.07, 6.45) is -0.707. The first-order chi connectivity index (χ1) is 14.9. The molecule has 0 saturated carbocycles. The summed E-state index contributed by atoms with van der Waals surface area (Å²) in [6, 6.07) is 13.8. The van der Waals surface area contributed by atoms with Gasteiger partial charge in [-0.05, 0) is 36.2 Å². The minimum Gasteiger partial charge on any atom is -0.409 e. The van der Waals surface area contributed by atoms with Crippen molar-refractivity contribution in [2.24, 2.45) is 16.6 Å². The number of halogens is 1. The van der Waals surface area contributed by atoms with Crippen LogP contribution in [-0.2, 0) is 6.54 Å². The fourth-order valence-corrected chi connectivity index (χ4v) is 3.89. The van der Waals surface area contributed by atoms with E-state index in [1.54, 1.807) is 47.0 Å². The minimum absolute atomic E-state index is 0.0573. The number of likely N-dealkylation sites (tertiary alicyclic amines) is 1. The number of aromatic nitrogens is 1. The van der Waals surface area contributed by atoms with Crippen LogP contribution in [0.5, 0.6) is 0 Å². The van der Waals surface area contributed by atoms with Gasteiger partial charge in [0.2, 0.25) is 5.91 Å². The molecule has 1 unspecified atom stereocenters. The van der Waals surface area contributed by atoms with Crippen molar-refractivity contribution in [3.05, 3.63) is 70.9 Å². The molecule has 2 heterocycles. The number of primary amides is 1. The van der Waals surface area contributed by atoms with Gasteiger partial charge in [0.15, 0.2) is 5.84 Å². The van der Waals surface area contributed by atoms with Crippen LogP contribution in [0.3, 0.4) is 0 Å². The lowest BCUT2D eigenvalue weighted by molar-refractivity contribution is 0.0773. The van der Waals surface area contributed by atoms with E-state index in [4.69, 9.17) is 16.7 Å². The molecule has 160 valence electrons. The van der Waals surface area contributed by atoms with Crippen LogP contribution in [0.1, 0.15) is 38.4 Å². The smallest absolute Gasteiger partial charge is 0.270 e. The number of nitrogens with zero attached hydrogens (tertiary/aromatic N) is 3. The number of hydrogen-bond donors (Lipinski definition) is 3. The van der Waals surface area contributed by atoms with E-state index in [2.05, 4.69) is 5.16 Å².